The van der Waals surface area contributed by atoms with Crippen molar-refractivity contribution in [3.05, 3.63) is 12.7 Å². The van der Waals surface area contributed by atoms with E-state index in [2.05, 4.69) is 25.9 Å². The summed E-state index contributed by atoms with van der Waals surface area (Å²) in [6.45, 7) is 8.29. The minimum absolute atomic E-state index is 0.510. The highest BCUT2D eigenvalue weighted by atomic mass is 15.2. The molecule has 0 aliphatic rings. The predicted octanol–water partition coefficient (Wildman–Crippen LogP) is 4.17. The molecule has 102 valence electrons. The second kappa shape index (κ2) is 12.1. The monoisotopic (exact) mass is 240 g/mol. The van der Waals surface area contributed by atoms with Gasteiger partial charge in [-0.2, -0.15) is 0 Å². The van der Waals surface area contributed by atoms with Crippen molar-refractivity contribution in [2.75, 3.05) is 0 Å². The maximum absolute atomic E-state index is 5.70. The van der Waals surface area contributed by atoms with Crippen LogP contribution in [-0.4, -0.2) is 6.04 Å². The van der Waals surface area contributed by atoms with Crippen molar-refractivity contribution in [2.24, 2.45) is 11.8 Å². The first-order chi connectivity index (χ1) is 8.29. The Morgan fingerprint density at radius 2 is 1.88 bits per heavy atom. The van der Waals surface area contributed by atoms with Gasteiger partial charge in [-0.3, -0.25) is 11.3 Å². The fraction of sp³-hybridized carbons (Fsp3) is 0.867. The lowest BCUT2D eigenvalue weighted by Crippen LogP contribution is -2.40. The van der Waals surface area contributed by atoms with Gasteiger partial charge in [-0.05, 0) is 31.6 Å². The van der Waals surface area contributed by atoms with Gasteiger partial charge in [0, 0.05) is 6.04 Å². The van der Waals surface area contributed by atoms with Crippen LogP contribution >= 0.6 is 0 Å². The van der Waals surface area contributed by atoms with Crippen molar-refractivity contribution in [1.82, 2.24) is 5.43 Å². The zero-order valence-corrected chi connectivity index (χ0v) is 11.9. The van der Waals surface area contributed by atoms with E-state index in [1.54, 1.807) is 0 Å². The van der Waals surface area contributed by atoms with Crippen molar-refractivity contribution in [3.63, 3.8) is 0 Å². The van der Waals surface area contributed by atoms with Crippen molar-refractivity contribution >= 4 is 0 Å². The number of unbranched alkanes of at least 4 members (excludes halogenated alkanes) is 4. The predicted molar refractivity (Wildman–Crippen MR) is 77.7 cm³/mol. The van der Waals surface area contributed by atoms with Crippen LogP contribution in [0.25, 0.3) is 0 Å². The Morgan fingerprint density at radius 1 is 1.12 bits per heavy atom. The highest BCUT2D eigenvalue weighted by Gasteiger charge is 2.17. The third-order valence-corrected chi connectivity index (χ3v) is 3.66. The van der Waals surface area contributed by atoms with Gasteiger partial charge in [0.15, 0.2) is 0 Å². The molecule has 0 bridgehead atoms. The van der Waals surface area contributed by atoms with E-state index in [0.29, 0.717) is 6.04 Å². The summed E-state index contributed by atoms with van der Waals surface area (Å²) in [5.74, 6) is 6.45. The van der Waals surface area contributed by atoms with E-state index in [1.807, 2.05) is 6.08 Å². The van der Waals surface area contributed by atoms with Gasteiger partial charge in [0.2, 0.25) is 0 Å². The summed E-state index contributed by atoms with van der Waals surface area (Å²) in [7, 11) is 0. The molecule has 0 heterocycles. The average Bonchev–Trinajstić information content (AvgIpc) is 2.36. The van der Waals surface area contributed by atoms with Gasteiger partial charge < -0.3 is 0 Å². The third kappa shape index (κ3) is 8.39. The number of hydrogen-bond acceptors (Lipinski definition) is 2. The Hall–Kier alpha value is -0.340. The molecule has 0 aliphatic carbocycles. The summed E-state index contributed by atoms with van der Waals surface area (Å²) in [5.41, 5.74) is 3.03. The minimum Gasteiger partial charge on any atom is -0.271 e. The van der Waals surface area contributed by atoms with E-state index in [9.17, 15) is 0 Å². The molecule has 2 atom stereocenters. The van der Waals surface area contributed by atoms with E-state index >= 15 is 0 Å². The Morgan fingerprint density at radius 3 is 2.41 bits per heavy atom. The Balaban J connectivity index is 3.80. The average molecular weight is 240 g/mol. The summed E-state index contributed by atoms with van der Waals surface area (Å²) in [6, 6.07) is 0.510. The first-order valence-electron chi connectivity index (χ1n) is 7.37. The number of nitrogens with two attached hydrogens (primary N) is 1. The van der Waals surface area contributed by atoms with Crippen molar-refractivity contribution in [2.45, 2.75) is 77.7 Å². The molecule has 2 nitrogen and oxygen atoms in total. The molecule has 2 unspecified atom stereocenters. The molecule has 2 heteroatoms. The lowest BCUT2D eigenvalue weighted by Gasteiger charge is -2.25. The molecular weight excluding hydrogens is 208 g/mol. The van der Waals surface area contributed by atoms with Crippen molar-refractivity contribution < 1.29 is 0 Å². The fourth-order valence-electron chi connectivity index (χ4n) is 2.44. The second-order valence-electron chi connectivity index (χ2n) is 5.01. The van der Waals surface area contributed by atoms with Crippen LogP contribution < -0.4 is 11.3 Å². The van der Waals surface area contributed by atoms with Crippen LogP contribution in [0.15, 0.2) is 12.7 Å². The zero-order valence-electron chi connectivity index (χ0n) is 11.9. The quantitative estimate of drug-likeness (QED) is 0.232. The Labute approximate surface area is 108 Å². The fourth-order valence-corrected chi connectivity index (χ4v) is 2.44. The molecule has 17 heavy (non-hydrogen) atoms. The molecular formula is C15H32N2. The molecule has 3 N–H and O–H groups in total. The summed E-state index contributed by atoms with van der Waals surface area (Å²) in [5, 5.41) is 0. The first kappa shape index (κ1) is 16.7. The van der Waals surface area contributed by atoms with Crippen LogP contribution in [-0.2, 0) is 0 Å². The van der Waals surface area contributed by atoms with Gasteiger partial charge in [0.1, 0.15) is 0 Å². The molecule has 0 aliphatic heterocycles. The number of allylic oxidation sites excluding steroid dienone is 1. The molecule has 0 aromatic rings. The van der Waals surface area contributed by atoms with Gasteiger partial charge in [-0.1, -0.05) is 52.0 Å². The molecule has 0 fully saturated rings. The summed E-state index contributed by atoms with van der Waals surface area (Å²) >= 11 is 0. The minimum atomic E-state index is 0.510. The summed E-state index contributed by atoms with van der Waals surface area (Å²) in [4.78, 5) is 0. The maximum Gasteiger partial charge on any atom is 0.0238 e. The molecule has 0 aromatic heterocycles. The molecule has 0 amide bonds. The molecule has 0 saturated carbocycles. The number of rotatable bonds is 12. The van der Waals surface area contributed by atoms with Gasteiger partial charge in [-0.25, -0.2) is 0 Å². The largest absolute Gasteiger partial charge is 0.271 e. The van der Waals surface area contributed by atoms with E-state index in [1.165, 1.54) is 51.4 Å². The Kier molecular flexibility index (Phi) is 11.9. The van der Waals surface area contributed by atoms with E-state index in [4.69, 9.17) is 5.84 Å². The van der Waals surface area contributed by atoms with Crippen molar-refractivity contribution in [1.29, 1.82) is 0 Å². The highest BCUT2D eigenvalue weighted by molar-refractivity contribution is 4.74. The van der Waals surface area contributed by atoms with E-state index in [0.717, 1.165) is 12.3 Å². The molecule has 0 radical (unpaired) electrons. The van der Waals surface area contributed by atoms with Crippen LogP contribution in [0.5, 0.6) is 0 Å². The first-order valence-corrected chi connectivity index (χ1v) is 7.37. The van der Waals surface area contributed by atoms with Crippen LogP contribution in [0.1, 0.15) is 71.6 Å². The van der Waals surface area contributed by atoms with Gasteiger partial charge >= 0.3 is 0 Å². The zero-order chi connectivity index (χ0) is 12.9. The second-order valence-corrected chi connectivity index (χ2v) is 5.01. The smallest absolute Gasteiger partial charge is 0.0238 e. The van der Waals surface area contributed by atoms with Crippen LogP contribution in [0.3, 0.4) is 0 Å². The Bertz CT molecular complexity index is 168. The van der Waals surface area contributed by atoms with Crippen molar-refractivity contribution in [3.8, 4) is 0 Å². The maximum atomic E-state index is 5.70. The number of hydrogen-bond donors (Lipinski definition) is 2. The van der Waals surface area contributed by atoms with E-state index in [-0.39, 0.29) is 0 Å². The standard InChI is InChI=1S/C15H32N2/c1-4-7-9-10-11-13-15(17-16)14(6-3)12-8-5-2/h4,14-15,17H,1,5-13,16H2,2-3H3. The van der Waals surface area contributed by atoms with Gasteiger partial charge in [-0.15, -0.1) is 6.58 Å². The number of nitrogens with one attached hydrogen (secondary N) is 1. The highest BCUT2D eigenvalue weighted by Crippen LogP contribution is 2.20. The lowest BCUT2D eigenvalue weighted by molar-refractivity contribution is 0.299. The van der Waals surface area contributed by atoms with E-state index < -0.39 is 0 Å². The topological polar surface area (TPSA) is 38.0 Å². The lowest BCUT2D eigenvalue weighted by atomic mass is 9.88. The molecule has 0 spiro atoms. The SMILES string of the molecule is C=CCCCCCC(NN)C(CC)CCCC. The van der Waals surface area contributed by atoms with Gasteiger partial charge in [0.25, 0.3) is 0 Å². The molecule has 0 saturated heterocycles. The van der Waals surface area contributed by atoms with Crippen LogP contribution in [0.2, 0.25) is 0 Å². The van der Waals surface area contributed by atoms with Crippen LogP contribution in [0.4, 0.5) is 0 Å². The normalized spacial score (nSPS) is 14.5. The van der Waals surface area contributed by atoms with Crippen LogP contribution in [0, 0.1) is 5.92 Å². The summed E-state index contributed by atoms with van der Waals surface area (Å²) < 4.78 is 0. The molecule has 0 aromatic carbocycles. The third-order valence-electron chi connectivity index (χ3n) is 3.66. The summed E-state index contributed by atoms with van der Waals surface area (Å²) in [6.07, 6.45) is 13.4. The molecule has 0 rings (SSSR count). The number of hydrazine groups is 1. The van der Waals surface area contributed by atoms with Gasteiger partial charge in [0.05, 0.1) is 0 Å².